The normalized spacial score (nSPS) is 22.3. The summed E-state index contributed by atoms with van der Waals surface area (Å²) < 4.78 is 5.89. The van der Waals surface area contributed by atoms with Crippen molar-refractivity contribution < 1.29 is 14.3 Å². The highest BCUT2D eigenvalue weighted by Gasteiger charge is 2.30. The van der Waals surface area contributed by atoms with Crippen LogP contribution >= 0.6 is 0 Å². The van der Waals surface area contributed by atoms with Gasteiger partial charge in [-0.1, -0.05) is 12.1 Å². The lowest BCUT2D eigenvalue weighted by atomic mass is 10.0. The zero-order chi connectivity index (χ0) is 20.8. The third-order valence-electron chi connectivity index (χ3n) is 6.09. The van der Waals surface area contributed by atoms with Crippen LogP contribution in [0.25, 0.3) is 0 Å². The number of benzene rings is 1. The fraction of sp³-hybridized carbons (Fsp3) is 0.652. The van der Waals surface area contributed by atoms with Crippen molar-refractivity contribution in [2.75, 3.05) is 46.3 Å². The Morgan fingerprint density at radius 3 is 2.41 bits per heavy atom. The average Bonchev–Trinajstić information content (AvgIpc) is 2.73. The lowest BCUT2D eigenvalue weighted by Gasteiger charge is -2.43. The molecule has 2 unspecified atom stereocenters. The lowest BCUT2D eigenvalue weighted by Crippen LogP contribution is -2.56. The molecule has 0 saturated carbocycles. The van der Waals surface area contributed by atoms with Crippen molar-refractivity contribution in [3.63, 3.8) is 0 Å². The van der Waals surface area contributed by atoms with Gasteiger partial charge in [-0.05, 0) is 64.4 Å². The molecule has 2 saturated heterocycles. The number of ether oxygens (including phenoxy) is 1. The molecule has 0 aromatic heterocycles. The van der Waals surface area contributed by atoms with Crippen LogP contribution in [0.4, 0.5) is 0 Å². The molecule has 1 amide bonds. The minimum Gasteiger partial charge on any atom is -0.481 e. The van der Waals surface area contributed by atoms with Gasteiger partial charge in [0.05, 0.1) is 0 Å². The molecular weight excluding hydrogens is 366 g/mol. The Morgan fingerprint density at radius 1 is 1.10 bits per heavy atom. The first-order valence-corrected chi connectivity index (χ1v) is 10.9. The Balaban J connectivity index is 1.45. The number of piperidine rings is 1. The van der Waals surface area contributed by atoms with Crippen molar-refractivity contribution in [2.24, 2.45) is 0 Å². The summed E-state index contributed by atoms with van der Waals surface area (Å²) in [5.74, 6) is 0.951. The number of likely N-dealkylation sites (tertiary alicyclic amines) is 1. The van der Waals surface area contributed by atoms with Crippen LogP contribution in [0.1, 0.15) is 38.7 Å². The van der Waals surface area contributed by atoms with Crippen molar-refractivity contribution >= 4 is 11.7 Å². The number of piperazine rings is 1. The molecule has 2 fully saturated rings. The van der Waals surface area contributed by atoms with E-state index in [-0.39, 0.29) is 11.7 Å². The van der Waals surface area contributed by atoms with E-state index in [9.17, 15) is 9.59 Å². The molecule has 0 bridgehead atoms. The molecule has 2 heterocycles. The molecule has 1 aromatic carbocycles. The number of aryl methyl sites for hydroxylation is 1. The summed E-state index contributed by atoms with van der Waals surface area (Å²) in [6, 6.07) is 8.33. The molecular formula is C23H35N3O3. The zero-order valence-corrected chi connectivity index (χ0v) is 18.1. The van der Waals surface area contributed by atoms with Gasteiger partial charge in [0.25, 0.3) is 5.91 Å². The lowest BCUT2D eigenvalue weighted by molar-refractivity contribution is -0.140. The quantitative estimate of drug-likeness (QED) is 0.701. The highest BCUT2D eigenvalue weighted by molar-refractivity contribution is 5.81. The van der Waals surface area contributed by atoms with Crippen molar-refractivity contribution in [1.29, 1.82) is 0 Å². The van der Waals surface area contributed by atoms with Gasteiger partial charge < -0.3 is 19.3 Å². The number of carbonyl (C=O) groups excluding carboxylic acids is 2. The SMILES string of the molecule is CC(=O)CCc1ccc(OC(C)C(=O)N2CCN(C3CCCN(C)C3)CC2)cc1. The first kappa shape index (κ1) is 21.8. The molecule has 1 aromatic rings. The molecule has 6 heteroatoms. The fourth-order valence-corrected chi connectivity index (χ4v) is 4.31. The van der Waals surface area contributed by atoms with Crippen molar-refractivity contribution in [3.8, 4) is 5.75 Å². The van der Waals surface area contributed by atoms with E-state index in [2.05, 4.69) is 16.8 Å². The molecule has 2 aliphatic rings. The standard InChI is InChI=1S/C23H35N3O3/c1-18(27)6-7-20-8-10-22(11-9-20)29-19(2)23(28)26-15-13-25(14-16-26)21-5-4-12-24(3)17-21/h8-11,19,21H,4-7,12-17H2,1-3H3. The minimum absolute atomic E-state index is 0.0612. The fourth-order valence-electron chi connectivity index (χ4n) is 4.31. The van der Waals surface area contributed by atoms with Gasteiger partial charge in [-0.3, -0.25) is 9.69 Å². The van der Waals surface area contributed by atoms with Crippen LogP contribution in [0.15, 0.2) is 24.3 Å². The smallest absolute Gasteiger partial charge is 0.263 e. The maximum absolute atomic E-state index is 12.8. The van der Waals surface area contributed by atoms with Crippen molar-refractivity contribution in [1.82, 2.24) is 14.7 Å². The third kappa shape index (κ3) is 6.28. The highest BCUT2D eigenvalue weighted by Crippen LogP contribution is 2.19. The van der Waals surface area contributed by atoms with E-state index in [1.165, 1.54) is 19.4 Å². The molecule has 0 radical (unpaired) electrons. The van der Waals surface area contributed by atoms with E-state index in [0.717, 1.165) is 44.7 Å². The second-order valence-electron chi connectivity index (χ2n) is 8.53. The van der Waals surface area contributed by atoms with Crippen LogP contribution in [0.3, 0.4) is 0 Å². The van der Waals surface area contributed by atoms with E-state index in [1.54, 1.807) is 6.92 Å². The predicted molar refractivity (Wildman–Crippen MR) is 114 cm³/mol. The number of ketones is 1. The summed E-state index contributed by atoms with van der Waals surface area (Å²) in [4.78, 5) is 30.8. The van der Waals surface area contributed by atoms with E-state index in [1.807, 2.05) is 36.1 Å². The Kier molecular flexibility index (Phi) is 7.67. The predicted octanol–water partition coefficient (Wildman–Crippen LogP) is 2.21. The van der Waals surface area contributed by atoms with Gasteiger partial charge in [0, 0.05) is 45.2 Å². The van der Waals surface area contributed by atoms with Crippen LogP contribution in [-0.4, -0.2) is 84.9 Å². The number of hydrogen-bond donors (Lipinski definition) is 0. The molecule has 0 aliphatic carbocycles. The summed E-state index contributed by atoms with van der Waals surface area (Å²) in [5.41, 5.74) is 1.11. The Morgan fingerprint density at radius 2 is 1.79 bits per heavy atom. The van der Waals surface area contributed by atoms with Crippen LogP contribution in [-0.2, 0) is 16.0 Å². The summed E-state index contributed by atoms with van der Waals surface area (Å²) in [6.45, 7) is 9.21. The number of Topliss-reactive ketones (excluding diaryl/α,β-unsaturated/α-hetero) is 1. The minimum atomic E-state index is -0.495. The van der Waals surface area contributed by atoms with Gasteiger partial charge in [-0.2, -0.15) is 0 Å². The molecule has 6 nitrogen and oxygen atoms in total. The zero-order valence-electron chi connectivity index (χ0n) is 18.1. The topological polar surface area (TPSA) is 53.1 Å². The van der Waals surface area contributed by atoms with Crippen LogP contribution < -0.4 is 4.74 Å². The van der Waals surface area contributed by atoms with Gasteiger partial charge in [0.2, 0.25) is 0 Å². The first-order chi connectivity index (χ1) is 13.9. The van der Waals surface area contributed by atoms with E-state index in [4.69, 9.17) is 4.74 Å². The molecule has 3 rings (SSSR count). The van der Waals surface area contributed by atoms with Crippen LogP contribution in [0, 0.1) is 0 Å². The number of nitrogens with zero attached hydrogens (tertiary/aromatic N) is 3. The Labute approximate surface area is 174 Å². The van der Waals surface area contributed by atoms with Gasteiger partial charge >= 0.3 is 0 Å². The number of likely N-dealkylation sites (N-methyl/N-ethyl adjacent to an activating group) is 1. The molecule has 160 valence electrons. The maximum atomic E-state index is 12.8. The monoisotopic (exact) mass is 401 g/mol. The van der Waals surface area contributed by atoms with Gasteiger partial charge in [0.1, 0.15) is 11.5 Å². The number of carbonyl (C=O) groups is 2. The molecule has 0 spiro atoms. The second kappa shape index (κ2) is 10.2. The molecule has 29 heavy (non-hydrogen) atoms. The summed E-state index contributed by atoms with van der Waals surface area (Å²) in [5, 5.41) is 0. The van der Waals surface area contributed by atoms with Gasteiger partial charge in [0.15, 0.2) is 6.10 Å². The largest absolute Gasteiger partial charge is 0.481 e. The van der Waals surface area contributed by atoms with Gasteiger partial charge in [-0.25, -0.2) is 0 Å². The van der Waals surface area contributed by atoms with Crippen molar-refractivity contribution in [3.05, 3.63) is 29.8 Å². The van der Waals surface area contributed by atoms with E-state index in [0.29, 0.717) is 18.2 Å². The Bertz CT molecular complexity index is 683. The Hall–Kier alpha value is -1.92. The van der Waals surface area contributed by atoms with E-state index >= 15 is 0 Å². The second-order valence-corrected chi connectivity index (χ2v) is 8.53. The van der Waals surface area contributed by atoms with E-state index < -0.39 is 6.10 Å². The first-order valence-electron chi connectivity index (χ1n) is 10.9. The van der Waals surface area contributed by atoms with Crippen LogP contribution in [0.5, 0.6) is 5.75 Å². The number of rotatable bonds is 7. The molecule has 2 aliphatic heterocycles. The summed E-state index contributed by atoms with van der Waals surface area (Å²) in [7, 11) is 2.20. The van der Waals surface area contributed by atoms with Crippen LogP contribution in [0.2, 0.25) is 0 Å². The highest BCUT2D eigenvalue weighted by atomic mass is 16.5. The summed E-state index contributed by atoms with van der Waals surface area (Å²) >= 11 is 0. The maximum Gasteiger partial charge on any atom is 0.263 e. The van der Waals surface area contributed by atoms with Crippen molar-refractivity contribution in [2.45, 2.75) is 51.7 Å². The average molecular weight is 402 g/mol. The number of hydrogen-bond acceptors (Lipinski definition) is 5. The molecule has 0 N–H and O–H groups in total. The third-order valence-corrected chi connectivity index (χ3v) is 6.09. The molecule has 2 atom stereocenters. The number of amides is 1. The summed E-state index contributed by atoms with van der Waals surface area (Å²) in [6.07, 6.45) is 3.33. The van der Waals surface area contributed by atoms with Gasteiger partial charge in [-0.15, -0.1) is 0 Å².